The fraction of sp³-hybridized carbons (Fsp3) is 0.346. The van der Waals surface area contributed by atoms with E-state index in [1.54, 1.807) is 49.1 Å². The summed E-state index contributed by atoms with van der Waals surface area (Å²) in [6, 6.07) is 11.6. The van der Waals surface area contributed by atoms with Gasteiger partial charge in [-0.15, -0.1) is 0 Å². The van der Waals surface area contributed by atoms with Crippen molar-refractivity contribution in [2.75, 3.05) is 20.2 Å². The molecule has 0 bridgehead atoms. The smallest absolute Gasteiger partial charge is 0.261 e. The second-order valence-corrected chi connectivity index (χ2v) is 8.35. The Labute approximate surface area is 192 Å². The molecule has 7 heteroatoms. The van der Waals surface area contributed by atoms with Gasteiger partial charge in [0.2, 0.25) is 5.69 Å². The largest absolute Gasteiger partial charge is 0.497 e. The Morgan fingerprint density at radius 2 is 1.88 bits per heavy atom. The van der Waals surface area contributed by atoms with E-state index in [4.69, 9.17) is 16.3 Å². The van der Waals surface area contributed by atoms with Gasteiger partial charge in [-0.3, -0.25) is 9.36 Å². The van der Waals surface area contributed by atoms with E-state index in [2.05, 4.69) is 10.2 Å². The van der Waals surface area contributed by atoms with Crippen molar-refractivity contribution in [2.45, 2.75) is 25.7 Å². The molecule has 1 saturated heterocycles. The van der Waals surface area contributed by atoms with E-state index in [-0.39, 0.29) is 11.2 Å². The molecule has 33 heavy (non-hydrogen) atoms. The van der Waals surface area contributed by atoms with E-state index in [9.17, 15) is 9.18 Å². The second kappa shape index (κ2) is 9.97. The molecule has 0 atom stereocenters. The third-order valence-electron chi connectivity index (χ3n) is 6.34. The molecule has 0 spiro atoms. The van der Waals surface area contributed by atoms with Gasteiger partial charge in [0.05, 0.1) is 24.9 Å². The zero-order valence-corrected chi connectivity index (χ0v) is 18.9. The van der Waals surface area contributed by atoms with E-state index in [1.165, 1.54) is 12.1 Å². The van der Waals surface area contributed by atoms with Crippen LogP contribution in [0.25, 0.3) is 27.2 Å². The van der Waals surface area contributed by atoms with Crippen molar-refractivity contribution < 1.29 is 9.13 Å². The number of nitrogens with zero attached hydrogens (tertiary/aromatic N) is 3. The molecule has 0 aliphatic carbocycles. The van der Waals surface area contributed by atoms with E-state index >= 15 is 0 Å². The highest BCUT2D eigenvalue weighted by Gasteiger charge is 2.20. The standard InChI is InChI=1S/C26H27FN4O2/c1-28-22-10-7-19(16-21(22)27)25-24(18-5-8-20(33-3)9-6-18)26(32)31(2)23(30-25)11-4-17-12-14-29-15-13-17/h5-10,16-17,29H,4,11-15H2,2-3H3. The predicted molar refractivity (Wildman–Crippen MR) is 127 cm³/mol. The van der Waals surface area contributed by atoms with Gasteiger partial charge in [0.1, 0.15) is 17.4 Å². The summed E-state index contributed by atoms with van der Waals surface area (Å²) in [5.74, 6) is 1.33. The van der Waals surface area contributed by atoms with Crippen molar-refractivity contribution in [3.8, 4) is 28.1 Å². The number of aryl methyl sites for hydroxylation is 1. The molecule has 1 N–H and O–H groups in total. The Morgan fingerprint density at radius 1 is 1.18 bits per heavy atom. The second-order valence-electron chi connectivity index (χ2n) is 8.35. The molecule has 2 heterocycles. The lowest BCUT2D eigenvalue weighted by atomic mass is 9.93. The van der Waals surface area contributed by atoms with Gasteiger partial charge in [-0.2, -0.15) is 0 Å². The summed E-state index contributed by atoms with van der Waals surface area (Å²) in [5, 5.41) is 3.38. The number of rotatable bonds is 6. The van der Waals surface area contributed by atoms with Gasteiger partial charge < -0.3 is 10.1 Å². The van der Waals surface area contributed by atoms with Crippen LogP contribution in [0.1, 0.15) is 25.1 Å². The van der Waals surface area contributed by atoms with E-state index in [1.807, 2.05) is 0 Å². The maximum atomic E-state index is 14.5. The molecule has 6 nitrogen and oxygen atoms in total. The Balaban J connectivity index is 1.82. The molecule has 170 valence electrons. The van der Waals surface area contributed by atoms with Gasteiger partial charge in [-0.05, 0) is 62.0 Å². The molecule has 0 amide bonds. The summed E-state index contributed by atoms with van der Waals surface area (Å²) in [4.78, 5) is 21.6. The van der Waals surface area contributed by atoms with E-state index in [0.717, 1.165) is 32.4 Å². The average Bonchev–Trinajstić information content (AvgIpc) is 2.85. The average molecular weight is 447 g/mol. The Hall–Kier alpha value is -3.50. The number of benzene rings is 2. The highest BCUT2D eigenvalue weighted by atomic mass is 19.1. The van der Waals surface area contributed by atoms with Crippen LogP contribution in [0, 0.1) is 18.3 Å². The Morgan fingerprint density at radius 3 is 2.52 bits per heavy atom. The molecular formula is C26H27FN4O2. The van der Waals surface area contributed by atoms with Crippen LogP contribution in [0.15, 0.2) is 47.3 Å². The lowest BCUT2D eigenvalue weighted by Crippen LogP contribution is -2.29. The molecule has 1 aliphatic rings. The topological polar surface area (TPSA) is 60.5 Å². The molecule has 3 aromatic rings. The minimum Gasteiger partial charge on any atom is -0.497 e. The Bertz CT molecular complexity index is 1240. The van der Waals surface area contributed by atoms with Crippen molar-refractivity contribution in [1.82, 2.24) is 14.9 Å². The zero-order chi connectivity index (χ0) is 23.4. The van der Waals surface area contributed by atoms with Crippen molar-refractivity contribution in [3.63, 3.8) is 0 Å². The summed E-state index contributed by atoms with van der Waals surface area (Å²) < 4.78 is 21.3. The molecule has 1 aromatic heterocycles. The molecule has 1 fully saturated rings. The normalized spacial score (nSPS) is 14.1. The summed E-state index contributed by atoms with van der Waals surface area (Å²) in [7, 11) is 3.33. The van der Waals surface area contributed by atoms with Gasteiger partial charge in [0, 0.05) is 19.0 Å². The first-order chi connectivity index (χ1) is 16.0. The zero-order valence-electron chi connectivity index (χ0n) is 18.9. The predicted octanol–water partition coefficient (Wildman–Crippen LogP) is 4.74. The first kappa shape index (κ1) is 22.7. The monoisotopic (exact) mass is 446 g/mol. The van der Waals surface area contributed by atoms with Crippen molar-refractivity contribution in [1.29, 1.82) is 0 Å². The number of aromatic nitrogens is 2. The van der Waals surface area contributed by atoms with Crippen LogP contribution in [0.5, 0.6) is 5.75 Å². The molecule has 0 radical (unpaired) electrons. The first-order valence-electron chi connectivity index (χ1n) is 11.1. The highest BCUT2D eigenvalue weighted by molar-refractivity contribution is 5.81. The van der Waals surface area contributed by atoms with Crippen LogP contribution < -0.4 is 15.6 Å². The van der Waals surface area contributed by atoms with E-state index in [0.29, 0.717) is 46.3 Å². The van der Waals surface area contributed by atoms with Crippen LogP contribution in [-0.4, -0.2) is 29.8 Å². The number of methoxy groups -OCH3 is 1. The lowest BCUT2D eigenvalue weighted by molar-refractivity contribution is 0.350. The highest BCUT2D eigenvalue weighted by Crippen LogP contribution is 2.32. The van der Waals surface area contributed by atoms with Crippen LogP contribution in [-0.2, 0) is 13.5 Å². The van der Waals surface area contributed by atoms with Crippen LogP contribution >= 0.6 is 0 Å². The third-order valence-corrected chi connectivity index (χ3v) is 6.34. The summed E-state index contributed by atoms with van der Waals surface area (Å²) in [6.45, 7) is 9.16. The van der Waals surface area contributed by atoms with Gasteiger partial charge >= 0.3 is 0 Å². The van der Waals surface area contributed by atoms with Crippen molar-refractivity contribution >= 4 is 5.69 Å². The van der Waals surface area contributed by atoms with Crippen LogP contribution in [0.2, 0.25) is 0 Å². The lowest BCUT2D eigenvalue weighted by Gasteiger charge is -2.23. The molecule has 2 aromatic carbocycles. The van der Waals surface area contributed by atoms with Crippen molar-refractivity contribution in [3.05, 3.63) is 75.9 Å². The molecule has 4 rings (SSSR count). The minimum atomic E-state index is -0.623. The van der Waals surface area contributed by atoms with E-state index < -0.39 is 5.82 Å². The number of nitrogens with one attached hydrogen (secondary N) is 1. The van der Waals surface area contributed by atoms with Crippen molar-refractivity contribution in [2.24, 2.45) is 13.0 Å². The fourth-order valence-corrected chi connectivity index (χ4v) is 4.35. The number of halogens is 1. The third kappa shape index (κ3) is 4.81. The van der Waals surface area contributed by atoms with Crippen LogP contribution in [0.3, 0.4) is 0 Å². The molecule has 0 saturated carbocycles. The first-order valence-corrected chi connectivity index (χ1v) is 11.1. The minimum absolute atomic E-state index is 0.0558. The molecular weight excluding hydrogens is 419 g/mol. The maximum absolute atomic E-state index is 14.5. The quantitative estimate of drug-likeness (QED) is 0.556. The Kier molecular flexibility index (Phi) is 6.85. The maximum Gasteiger partial charge on any atom is 0.261 e. The van der Waals surface area contributed by atoms with Gasteiger partial charge in [0.25, 0.3) is 5.56 Å². The van der Waals surface area contributed by atoms with Gasteiger partial charge in [-0.1, -0.05) is 24.3 Å². The number of ether oxygens (including phenoxy) is 1. The summed E-state index contributed by atoms with van der Waals surface area (Å²) >= 11 is 0. The number of hydrogen-bond donors (Lipinski definition) is 1. The number of hydrogen-bond acceptors (Lipinski definition) is 4. The fourth-order valence-electron chi connectivity index (χ4n) is 4.35. The molecule has 1 aliphatic heterocycles. The van der Waals surface area contributed by atoms with Gasteiger partial charge in [0.15, 0.2) is 0 Å². The van der Waals surface area contributed by atoms with Gasteiger partial charge in [-0.25, -0.2) is 14.2 Å². The number of piperidine rings is 1. The molecule has 0 unspecified atom stereocenters. The summed E-state index contributed by atoms with van der Waals surface area (Å²) in [5.41, 5.74) is 1.75. The van der Waals surface area contributed by atoms with Crippen LogP contribution in [0.4, 0.5) is 10.1 Å². The summed E-state index contributed by atoms with van der Waals surface area (Å²) in [6.07, 6.45) is 3.87. The SMILES string of the molecule is [C-]#[N+]c1ccc(-c2nc(CCC3CCNCC3)n(C)c(=O)c2-c2ccc(OC)cc2)cc1F.